The molecule has 0 bridgehead atoms. The van der Waals surface area contributed by atoms with Gasteiger partial charge in [0, 0.05) is 53.5 Å². The molecule has 57 heavy (non-hydrogen) atoms. The Hall–Kier alpha value is -5.38. The Labute approximate surface area is 330 Å². The number of aliphatic hydroxyl groups is 1. The second-order valence-corrected chi connectivity index (χ2v) is 16.6. The molecule has 4 aromatic rings. The molecule has 14 nitrogen and oxygen atoms in total. The van der Waals surface area contributed by atoms with E-state index < -0.39 is 35.1 Å². The van der Waals surface area contributed by atoms with Gasteiger partial charge >= 0.3 is 12.1 Å². The maximum Gasteiger partial charge on any atom is 0.408 e. The molecule has 15 heteroatoms. The van der Waals surface area contributed by atoms with Gasteiger partial charge in [0.15, 0.2) is 17.2 Å². The topological polar surface area (TPSA) is 161 Å². The highest BCUT2D eigenvalue weighted by molar-refractivity contribution is 5.96. The molecule has 3 aliphatic heterocycles. The molecule has 2 aromatic carbocycles. The second-order valence-electron chi connectivity index (χ2n) is 16.6. The standard InChI is InChI=1S/C42H49FN6O8/c1-8-42(54)31-18-34-36-29(21-48(34)38(51)30(31)23-56-39(42)52)28(27-17-35(55-7)32(43)19-33(27)46-36)20-47-13-15-49(6,16-14-47)22-25-9-11-26(12-10-25)45-37(50)24(2)44-40(53)57-41(3,4)5/h9-12,17-19,24,54H,8,13-16,20-23H2,1-7H3,(H-,44,45,50,53)/p+1/t24-,42-/m0/s1. The number of esters is 1. The van der Waals surface area contributed by atoms with Crippen LogP contribution in [0.15, 0.2) is 47.3 Å². The molecule has 3 N–H and O–H groups in total. The molecule has 0 unspecified atom stereocenters. The van der Waals surface area contributed by atoms with Crippen molar-refractivity contribution in [3.63, 3.8) is 0 Å². The second kappa shape index (κ2) is 14.8. The maximum atomic E-state index is 15.1. The van der Waals surface area contributed by atoms with Crippen molar-refractivity contribution >= 4 is 34.6 Å². The van der Waals surface area contributed by atoms with Crippen molar-refractivity contribution in [2.75, 3.05) is 45.7 Å². The predicted octanol–water partition coefficient (Wildman–Crippen LogP) is 4.54. The lowest BCUT2D eigenvalue weighted by molar-refractivity contribution is -0.926. The minimum atomic E-state index is -1.96. The van der Waals surface area contributed by atoms with E-state index in [2.05, 4.69) is 22.6 Å². The molecule has 0 spiro atoms. The summed E-state index contributed by atoms with van der Waals surface area (Å²) in [6, 6.07) is 11.6. The number of pyridine rings is 2. The largest absolute Gasteiger partial charge is 0.494 e. The third-order valence-corrected chi connectivity index (χ3v) is 11.3. The summed E-state index contributed by atoms with van der Waals surface area (Å²) >= 11 is 0. The van der Waals surface area contributed by atoms with Gasteiger partial charge in [0.1, 0.15) is 24.8 Å². The Bertz CT molecular complexity index is 2330. The molecule has 2 aromatic heterocycles. The van der Waals surface area contributed by atoms with Crippen molar-refractivity contribution in [1.29, 1.82) is 0 Å². The van der Waals surface area contributed by atoms with Crippen molar-refractivity contribution in [3.8, 4) is 17.1 Å². The first-order valence-corrected chi connectivity index (χ1v) is 19.2. The summed E-state index contributed by atoms with van der Waals surface area (Å²) in [6.45, 7) is 13.1. The third-order valence-electron chi connectivity index (χ3n) is 11.3. The fraction of sp³-hybridized carbons (Fsp3) is 0.452. The number of piperazine rings is 1. The number of hydrogen-bond donors (Lipinski definition) is 3. The number of ether oxygens (including phenoxy) is 3. The molecule has 7 rings (SSSR count). The van der Waals surface area contributed by atoms with Gasteiger partial charge in [-0.05, 0) is 63.9 Å². The lowest BCUT2D eigenvalue weighted by Gasteiger charge is -2.42. The molecular formula is C42H50FN6O8+. The van der Waals surface area contributed by atoms with Gasteiger partial charge in [-0.15, -0.1) is 0 Å². The lowest BCUT2D eigenvalue weighted by Crippen LogP contribution is -2.56. The fourth-order valence-corrected chi connectivity index (χ4v) is 7.96. The zero-order valence-corrected chi connectivity index (χ0v) is 33.5. The van der Waals surface area contributed by atoms with E-state index in [0.717, 1.165) is 59.3 Å². The van der Waals surface area contributed by atoms with Crippen molar-refractivity contribution in [2.45, 2.75) is 84.5 Å². The number of fused-ring (bicyclic) bond motifs is 5. The fourth-order valence-electron chi connectivity index (χ4n) is 7.96. The van der Waals surface area contributed by atoms with Crippen LogP contribution in [0.1, 0.15) is 68.9 Å². The SMILES string of the molecule is CC[C@@]1(O)C(=O)OCc2c1cc1n(c2=O)Cc2c-1nc1cc(F)c(OC)cc1c2CN1CC[N+](C)(Cc2ccc(NC(=O)[C@H](C)NC(=O)OC(C)(C)C)cc2)CC1. The predicted molar refractivity (Wildman–Crippen MR) is 210 cm³/mol. The summed E-state index contributed by atoms with van der Waals surface area (Å²) in [4.78, 5) is 58.7. The van der Waals surface area contributed by atoms with Gasteiger partial charge < -0.3 is 39.0 Å². The highest BCUT2D eigenvalue weighted by Gasteiger charge is 2.45. The first kappa shape index (κ1) is 39.8. The van der Waals surface area contributed by atoms with Crippen LogP contribution in [0.4, 0.5) is 14.9 Å². The van der Waals surface area contributed by atoms with E-state index in [1.165, 1.54) is 13.2 Å². The van der Waals surface area contributed by atoms with E-state index in [-0.39, 0.29) is 47.9 Å². The van der Waals surface area contributed by atoms with E-state index in [0.29, 0.717) is 29.1 Å². The number of carbonyl (C=O) groups is 3. The molecule has 302 valence electrons. The molecule has 0 radical (unpaired) electrons. The van der Waals surface area contributed by atoms with Crippen LogP contribution in [-0.2, 0) is 50.9 Å². The Balaban J connectivity index is 1.08. The van der Waals surface area contributed by atoms with Crippen LogP contribution in [0, 0.1) is 5.82 Å². The summed E-state index contributed by atoms with van der Waals surface area (Å²) in [6.07, 6.45) is -0.629. The number of cyclic esters (lactones) is 1. The van der Waals surface area contributed by atoms with Crippen LogP contribution in [0.3, 0.4) is 0 Å². The van der Waals surface area contributed by atoms with Crippen molar-refractivity contribution < 1.29 is 42.6 Å². The first-order chi connectivity index (χ1) is 26.9. The van der Waals surface area contributed by atoms with Crippen LogP contribution in [0.2, 0.25) is 0 Å². The Morgan fingerprint density at radius 1 is 1.11 bits per heavy atom. The number of anilines is 1. The number of hydrogen-bond acceptors (Lipinski definition) is 10. The van der Waals surface area contributed by atoms with Crippen LogP contribution < -0.4 is 20.9 Å². The van der Waals surface area contributed by atoms with Gasteiger partial charge in [-0.3, -0.25) is 14.5 Å². The Morgan fingerprint density at radius 2 is 1.81 bits per heavy atom. The number of aromatic nitrogens is 2. The van der Waals surface area contributed by atoms with Gasteiger partial charge in [-0.1, -0.05) is 19.1 Å². The summed E-state index contributed by atoms with van der Waals surface area (Å²) in [5, 5.41) is 17.5. The normalized spacial score (nSPS) is 19.2. The number of halogens is 1. The molecule has 2 amide bonds. The minimum absolute atomic E-state index is 0.0296. The van der Waals surface area contributed by atoms with E-state index >= 15 is 4.39 Å². The minimum Gasteiger partial charge on any atom is -0.494 e. The number of likely N-dealkylation sites (N-methyl/N-ethyl adjacent to an activating group) is 1. The van der Waals surface area contributed by atoms with E-state index in [4.69, 9.17) is 19.2 Å². The van der Waals surface area contributed by atoms with Gasteiger partial charge in [0.25, 0.3) is 5.56 Å². The van der Waals surface area contributed by atoms with Crippen molar-refractivity contribution in [2.24, 2.45) is 0 Å². The highest BCUT2D eigenvalue weighted by atomic mass is 19.1. The summed E-state index contributed by atoms with van der Waals surface area (Å²) in [5.74, 6) is -1.61. The van der Waals surface area contributed by atoms with E-state index in [1.807, 2.05) is 24.3 Å². The number of benzene rings is 2. The number of methoxy groups -OCH3 is 1. The van der Waals surface area contributed by atoms with Gasteiger partial charge in [0.05, 0.1) is 56.3 Å². The zero-order chi connectivity index (χ0) is 41.0. The van der Waals surface area contributed by atoms with Gasteiger partial charge in [0.2, 0.25) is 5.91 Å². The number of amides is 2. The summed E-state index contributed by atoms with van der Waals surface area (Å²) in [5.41, 5.74) is 2.36. The first-order valence-electron chi connectivity index (χ1n) is 19.2. The maximum absolute atomic E-state index is 15.1. The van der Waals surface area contributed by atoms with Crippen LogP contribution in [-0.4, -0.2) is 94.0 Å². The highest BCUT2D eigenvalue weighted by Crippen LogP contribution is 2.41. The number of alkyl carbamates (subject to hydrolysis) is 1. The average molecular weight is 786 g/mol. The quantitative estimate of drug-likeness (QED) is 0.143. The molecule has 0 aliphatic carbocycles. The van der Waals surface area contributed by atoms with Crippen LogP contribution >= 0.6 is 0 Å². The van der Waals surface area contributed by atoms with Gasteiger partial charge in [-0.2, -0.15) is 0 Å². The number of nitrogens with one attached hydrogen (secondary N) is 2. The smallest absolute Gasteiger partial charge is 0.408 e. The molecule has 2 atom stereocenters. The van der Waals surface area contributed by atoms with Crippen molar-refractivity contribution in [3.05, 3.63) is 86.5 Å². The monoisotopic (exact) mass is 785 g/mol. The number of rotatable bonds is 9. The summed E-state index contributed by atoms with van der Waals surface area (Å²) in [7, 11) is 3.64. The molecule has 1 fully saturated rings. The molecule has 1 saturated heterocycles. The third kappa shape index (κ3) is 7.71. The van der Waals surface area contributed by atoms with Crippen molar-refractivity contribution in [1.82, 2.24) is 19.8 Å². The van der Waals surface area contributed by atoms with Crippen LogP contribution in [0.25, 0.3) is 22.3 Å². The number of nitrogens with zero attached hydrogens (tertiary/aromatic N) is 4. The average Bonchev–Trinajstić information content (AvgIpc) is 3.52. The molecule has 0 saturated carbocycles. The number of carbonyl (C=O) groups excluding carboxylic acids is 3. The van der Waals surface area contributed by atoms with Gasteiger partial charge in [-0.25, -0.2) is 19.0 Å². The molecule has 5 heterocycles. The Morgan fingerprint density at radius 3 is 2.46 bits per heavy atom. The molecule has 3 aliphatic rings. The summed E-state index contributed by atoms with van der Waals surface area (Å²) < 4.78 is 33.4. The van der Waals surface area contributed by atoms with E-state index in [1.54, 1.807) is 51.3 Å². The Kier molecular flexibility index (Phi) is 10.4. The van der Waals surface area contributed by atoms with E-state index in [9.17, 15) is 24.3 Å². The molecular weight excluding hydrogens is 735 g/mol. The lowest BCUT2D eigenvalue weighted by atomic mass is 9.86. The van der Waals surface area contributed by atoms with Crippen LogP contribution in [0.5, 0.6) is 5.75 Å². The zero-order valence-electron chi connectivity index (χ0n) is 33.5. The number of quaternary nitrogens is 1.